The zero-order valence-electron chi connectivity index (χ0n) is 9.38. The second-order valence-electron chi connectivity index (χ2n) is 3.48. The molecule has 0 spiro atoms. The SMILES string of the molecule is COCC(N)C(=O)N(C)c1ccc(O)cc1. The number of phenolic OH excluding ortho intramolecular Hbond substituents is 1. The van der Waals surface area contributed by atoms with Crippen LogP contribution < -0.4 is 10.6 Å². The normalized spacial score (nSPS) is 12.2. The van der Waals surface area contributed by atoms with Crippen molar-refractivity contribution >= 4 is 11.6 Å². The molecule has 1 unspecified atom stereocenters. The lowest BCUT2D eigenvalue weighted by molar-refractivity contribution is -0.120. The average Bonchev–Trinajstić information content (AvgIpc) is 2.28. The van der Waals surface area contributed by atoms with Crippen LogP contribution >= 0.6 is 0 Å². The van der Waals surface area contributed by atoms with E-state index in [-0.39, 0.29) is 18.3 Å². The van der Waals surface area contributed by atoms with Crippen molar-refractivity contribution < 1.29 is 14.6 Å². The van der Waals surface area contributed by atoms with Crippen molar-refractivity contribution in [2.75, 3.05) is 25.7 Å². The summed E-state index contributed by atoms with van der Waals surface area (Å²) < 4.78 is 4.82. The number of aromatic hydroxyl groups is 1. The number of nitrogens with two attached hydrogens (primary N) is 1. The Morgan fingerprint density at radius 2 is 2.06 bits per heavy atom. The van der Waals surface area contributed by atoms with Gasteiger partial charge in [0.05, 0.1) is 6.61 Å². The molecule has 0 fully saturated rings. The molecule has 0 saturated heterocycles. The number of carbonyl (C=O) groups is 1. The highest BCUT2D eigenvalue weighted by molar-refractivity contribution is 5.96. The summed E-state index contributed by atoms with van der Waals surface area (Å²) in [5.41, 5.74) is 6.31. The van der Waals surface area contributed by atoms with Crippen LogP contribution in [0.25, 0.3) is 0 Å². The van der Waals surface area contributed by atoms with Gasteiger partial charge in [0.1, 0.15) is 11.8 Å². The highest BCUT2D eigenvalue weighted by atomic mass is 16.5. The van der Waals surface area contributed by atoms with E-state index in [4.69, 9.17) is 15.6 Å². The number of benzene rings is 1. The Morgan fingerprint density at radius 3 is 2.56 bits per heavy atom. The molecule has 1 amide bonds. The molecular formula is C11H16N2O3. The van der Waals surface area contributed by atoms with E-state index in [1.165, 1.54) is 24.1 Å². The molecule has 0 saturated carbocycles. The number of hydrogen-bond acceptors (Lipinski definition) is 4. The van der Waals surface area contributed by atoms with Gasteiger partial charge < -0.3 is 20.5 Å². The van der Waals surface area contributed by atoms with E-state index in [2.05, 4.69) is 0 Å². The molecule has 0 aliphatic rings. The van der Waals surface area contributed by atoms with Gasteiger partial charge in [-0.05, 0) is 24.3 Å². The lowest BCUT2D eigenvalue weighted by atomic mass is 10.2. The third-order valence-corrected chi connectivity index (χ3v) is 2.23. The summed E-state index contributed by atoms with van der Waals surface area (Å²) in [7, 11) is 3.12. The Morgan fingerprint density at radius 1 is 1.50 bits per heavy atom. The molecule has 1 atom stereocenters. The van der Waals surface area contributed by atoms with Gasteiger partial charge in [-0.3, -0.25) is 4.79 Å². The molecule has 88 valence electrons. The minimum Gasteiger partial charge on any atom is -0.508 e. The number of nitrogens with zero attached hydrogens (tertiary/aromatic N) is 1. The number of anilines is 1. The Balaban J connectivity index is 2.73. The number of hydrogen-bond donors (Lipinski definition) is 2. The highest BCUT2D eigenvalue weighted by Crippen LogP contribution is 2.17. The molecule has 0 aliphatic carbocycles. The quantitative estimate of drug-likeness (QED) is 0.772. The molecule has 0 radical (unpaired) electrons. The Labute approximate surface area is 94.4 Å². The van der Waals surface area contributed by atoms with Gasteiger partial charge in [0.15, 0.2) is 0 Å². The maximum absolute atomic E-state index is 11.8. The first-order chi connectivity index (χ1) is 7.56. The highest BCUT2D eigenvalue weighted by Gasteiger charge is 2.18. The second-order valence-corrected chi connectivity index (χ2v) is 3.48. The third-order valence-electron chi connectivity index (χ3n) is 2.23. The van der Waals surface area contributed by atoms with Crippen LogP contribution in [0.3, 0.4) is 0 Å². The van der Waals surface area contributed by atoms with E-state index in [9.17, 15) is 4.79 Å². The van der Waals surface area contributed by atoms with Crippen LogP contribution in [0.4, 0.5) is 5.69 Å². The van der Waals surface area contributed by atoms with Crippen molar-refractivity contribution in [2.45, 2.75) is 6.04 Å². The lowest BCUT2D eigenvalue weighted by Crippen LogP contribution is -2.44. The fourth-order valence-corrected chi connectivity index (χ4v) is 1.30. The van der Waals surface area contributed by atoms with Crippen molar-refractivity contribution in [3.05, 3.63) is 24.3 Å². The summed E-state index contributed by atoms with van der Waals surface area (Å²) >= 11 is 0. The van der Waals surface area contributed by atoms with Gasteiger partial charge in [-0.2, -0.15) is 0 Å². The fourth-order valence-electron chi connectivity index (χ4n) is 1.30. The van der Waals surface area contributed by atoms with Crippen molar-refractivity contribution in [3.8, 4) is 5.75 Å². The van der Waals surface area contributed by atoms with Crippen molar-refractivity contribution in [3.63, 3.8) is 0 Å². The van der Waals surface area contributed by atoms with Crippen LogP contribution in [0.15, 0.2) is 24.3 Å². The van der Waals surface area contributed by atoms with E-state index in [0.717, 1.165) is 0 Å². The van der Waals surface area contributed by atoms with E-state index >= 15 is 0 Å². The van der Waals surface area contributed by atoms with Crippen LogP contribution in [0, 0.1) is 0 Å². The van der Waals surface area contributed by atoms with Gasteiger partial charge >= 0.3 is 0 Å². The smallest absolute Gasteiger partial charge is 0.246 e. The molecule has 1 aromatic carbocycles. The molecule has 16 heavy (non-hydrogen) atoms. The zero-order valence-corrected chi connectivity index (χ0v) is 9.38. The molecule has 1 aromatic rings. The van der Waals surface area contributed by atoms with E-state index in [1.807, 2.05) is 0 Å². The fraction of sp³-hybridized carbons (Fsp3) is 0.364. The summed E-state index contributed by atoms with van der Waals surface area (Å²) in [4.78, 5) is 13.2. The minimum absolute atomic E-state index is 0.158. The maximum atomic E-state index is 11.8. The molecule has 0 bridgehead atoms. The predicted molar refractivity (Wildman–Crippen MR) is 61.4 cm³/mol. The monoisotopic (exact) mass is 224 g/mol. The van der Waals surface area contributed by atoms with Gasteiger partial charge in [0, 0.05) is 19.8 Å². The van der Waals surface area contributed by atoms with Gasteiger partial charge in [-0.15, -0.1) is 0 Å². The largest absolute Gasteiger partial charge is 0.508 e. The Bertz CT molecular complexity index is 351. The van der Waals surface area contributed by atoms with E-state index in [0.29, 0.717) is 5.69 Å². The summed E-state index contributed by atoms with van der Waals surface area (Å²) in [5, 5.41) is 9.12. The number of rotatable bonds is 4. The van der Waals surface area contributed by atoms with Crippen LogP contribution in [0.5, 0.6) is 5.75 Å². The van der Waals surface area contributed by atoms with Crippen LogP contribution in [-0.2, 0) is 9.53 Å². The predicted octanol–water partition coefficient (Wildman–Crippen LogP) is 0.329. The summed E-state index contributed by atoms with van der Waals surface area (Å²) in [6, 6.07) is 5.64. The Hall–Kier alpha value is -1.59. The number of ether oxygens (including phenoxy) is 1. The molecule has 0 aromatic heterocycles. The molecule has 0 heterocycles. The standard InChI is InChI=1S/C11H16N2O3/c1-13(11(15)10(12)7-16-2)8-3-5-9(14)6-4-8/h3-6,10,14H,7,12H2,1-2H3. The van der Waals surface area contributed by atoms with Crippen LogP contribution in [0.2, 0.25) is 0 Å². The van der Waals surface area contributed by atoms with E-state index < -0.39 is 6.04 Å². The van der Waals surface area contributed by atoms with Gasteiger partial charge in [-0.25, -0.2) is 0 Å². The van der Waals surface area contributed by atoms with Crippen LogP contribution in [0.1, 0.15) is 0 Å². The Kier molecular flexibility index (Phi) is 4.28. The zero-order chi connectivity index (χ0) is 12.1. The second kappa shape index (κ2) is 5.48. The number of amides is 1. The topological polar surface area (TPSA) is 75.8 Å². The summed E-state index contributed by atoms with van der Waals surface area (Å²) in [5.74, 6) is -0.0710. The number of methoxy groups -OCH3 is 1. The number of phenols is 1. The first kappa shape index (κ1) is 12.5. The lowest BCUT2D eigenvalue weighted by Gasteiger charge is -2.20. The molecule has 0 aliphatic heterocycles. The van der Waals surface area contributed by atoms with Crippen LogP contribution in [-0.4, -0.2) is 37.8 Å². The van der Waals surface area contributed by atoms with Crippen molar-refractivity contribution in [1.29, 1.82) is 0 Å². The first-order valence-electron chi connectivity index (χ1n) is 4.87. The molecular weight excluding hydrogens is 208 g/mol. The average molecular weight is 224 g/mol. The van der Waals surface area contributed by atoms with Crippen molar-refractivity contribution in [2.24, 2.45) is 5.73 Å². The molecule has 5 nitrogen and oxygen atoms in total. The third kappa shape index (κ3) is 2.95. The number of likely N-dealkylation sites (N-methyl/N-ethyl adjacent to an activating group) is 1. The van der Waals surface area contributed by atoms with Crippen molar-refractivity contribution in [1.82, 2.24) is 0 Å². The molecule has 3 N–H and O–H groups in total. The van der Waals surface area contributed by atoms with Gasteiger partial charge in [0.25, 0.3) is 0 Å². The molecule has 1 rings (SSSR count). The number of carbonyl (C=O) groups excluding carboxylic acids is 1. The van der Waals surface area contributed by atoms with Gasteiger partial charge in [-0.1, -0.05) is 0 Å². The molecule has 5 heteroatoms. The summed E-state index contributed by atoms with van der Waals surface area (Å²) in [6.07, 6.45) is 0. The summed E-state index contributed by atoms with van der Waals surface area (Å²) in [6.45, 7) is 0.182. The minimum atomic E-state index is -0.677. The maximum Gasteiger partial charge on any atom is 0.246 e. The van der Waals surface area contributed by atoms with Gasteiger partial charge in [0.2, 0.25) is 5.91 Å². The van der Waals surface area contributed by atoms with E-state index in [1.54, 1.807) is 19.2 Å². The first-order valence-corrected chi connectivity index (χ1v) is 4.87.